The van der Waals surface area contributed by atoms with Crippen LogP contribution in [0.2, 0.25) is 0 Å². The fraction of sp³-hybridized carbons (Fsp3) is 0.0526. The zero-order valence-electron chi connectivity index (χ0n) is 21.5. The Hall–Kier alpha value is -4.88. The highest BCUT2D eigenvalue weighted by molar-refractivity contribution is 6.24. The summed E-state index contributed by atoms with van der Waals surface area (Å²) in [5.41, 5.74) is 2.64. The van der Waals surface area contributed by atoms with E-state index >= 15 is 0 Å². The van der Waals surface area contributed by atoms with Crippen molar-refractivity contribution in [3.05, 3.63) is 145 Å². The monoisotopic (exact) mass is 498 g/mol. The summed E-state index contributed by atoms with van der Waals surface area (Å²) in [6.45, 7) is 0. The zero-order valence-corrected chi connectivity index (χ0v) is 21.5. The van der Waals surface area contributed by atoms with Crippen molar-refractivity contribution in [2.45, 2.75) is 12.8 Å². The van der Waals surface area contributed by atoms with Crippen LogP contribution in [-0.2, 0) is 17.6 Å². The van der Waals surface area contributed by atoms with Crippen LogP contribution < -0.4 is 0 Å². The molecule has 0 bridgehead atoms. The molecule has 1 heteroatoms. The van der Waals surface area contributed by atoms with Crippen LogP contribution in [0.15, 0.2) is 134 Å². The van der Waals surface area contributed by atoms with Gasteiger partial charge in [0, 0.05) is 0 Å². The molecule has 0 fully saturated rings. The fourth-order valence-electron chi connectivity index (χ4n) is 6.45. The number of ether oxygens (including phenoxy) is 1. The topological polar surface area (TPSA) is 9.23 Å². The van der Waals surface area contributed by atoms with Crippen molar-refractivity contribution in [3.8, 4) is 0 Å². The molecule has 8 rings (SSSR count). The predicted molar refractivity (Wildman–Crippen MR) is 167 cm³/mol. The molecule has 0 aromatic heterocycles. The van der Waals surface area contributed by atoms with Crippen LogP contribution in [-0.4, -0.2) is 0 Å². The smallest absolute Gasteiger partial charge is 0.0864 e. The number of hydrogen-bond donors (Lipinski definition) is 0. The van der Waals surface area contributed by atoms with E-state index in [1.807, 2.05) is 0 Å². The maximum Gasteiger partial charge on any atom is 0.0864 e. The van der Waals surface area contributed by atoms with Crippen LogP contribution in [0.3, 0.4) is 0 Å². The minimum atomic E-state index is 0.830. The van der Waals surface area contributed by atoms with Crippen molar-refractivity contribution in [2.24, 2.45) is 0 Å². The van der Waals surface area contributed by atoms with Crippen molar-refractivity contribution in [2.75, 3.05) is 0 Å². The second-order valence-corrected chi connectivity index (χ2v) is 10.4. The van der Waals surface area contributed by atoms with Gasteiger partial charge in [0.2, 0.25) is 0 Å². The lowest BCUT2D eigenvalue weighted by molar-refractivity contribution is 0.400. The Bertz CT molecular complexity index is 2010. The molecule has 0 aliphatic carbocycles. The van der Waals surface area contributed by atoms with Gasteiger partial charge in [0.15, 0.2) is 0 Å². The molecule has 0 aliphatic heterocycles. The molecule has 0 amide bonds. The van der Waals surface area contributed by atoms with Gasteiger partial charge in [-0.1, -0.05) is 109 Å². The second-order valence-electron chi connectivity index (χ2n) is 10.4. The molecule has 0 aliphatic rings. The summed E-state index contributed by atoms with van der Waals surface area (Å²) in [7, 11) is 0. The van der Waals surface area contributed by atoms with Crippen LogP contribution in [0.1, 0.15) is 11.1 Å². The lowest BCUT2D eigenvalue weighted by Gasteiger charge is -2.13. The third kappa shape index (κ3) is 3.55. The van der Waals surface area contributed by atoms with Crippen LogP contribution in [0.25, 0.3) is 64.6 Å². The molecule has 8 aromatic carbocycles. The Balaban J connectivity index is 1.01. The Kier molecular flexibility index (Phi) is 5.03. The third-order valence-corrected chi connectivity index (χ3v) is 8.26. The minimum absolute atomic E-state index is 0.830. The Labute approximate surface area is 226 Å². The van der Waals surface area contributed by atoms with E-state index in [0.717, 1.165) is 12.8 Å². The third-order valence-electron chi connectivity index (χ3n) is 8.26. The van der Waals surface area contributed by atoms with E-state index in [4.69, 9.17) is 4.74 Å². The SMILES string of the molecule is C(=COC=CCc1ccc2ccc3cccc4ccc1c2c34)Cc1ccc2ccc3cccc4ccc1c2c34. The van der Waals surface area contributed by atoms with Gasteiger partial charge in [-0.15, -0.1) is 0 Å². The maximum atomic E-state index is 5.77. The van der Waals surface area contributed by atoms with Gasteiger partial charge in [-0.25, -0.2) is 0 Å². The molecule has 0 atom stereocenters. The van der Waals surface area contributed by atoms with Gasteiger partial charge in [-0.3, -0.25) is 0 Å². The van der Waals surface area contributed by atoms with Crippen molar-refractivity contribution in [1.82, 2.24) is 0 Å². The van der Waals surface area contributed by atoms with E-state index in [1.54, 1.807) is 12.5 Å². The van der Waals surface area contributed by atoms with Crippen molar-refractivity contribution in [3.63, 3.8) is 0 Å². The van der Waals surface area contributed by atoms with Crippen molar-refractivity contribution >= 4 is 64.6 Å². The lowest BCUT2D eigenvalue weighted by Crippen LogP contribution is -1.89. The molecule has 0 N–H and O–H groups in total. The number of benzene rings is 8. The van der Waals surface area contributed by atoms with Crippen LogP contribution in [0.5, 0.6) is 0 Å². The summed E-state index contributed by atoms with van der Waals surface area (Å²) in [4.78, 5) is 0. The summed E-state index contributed by atoms with van der Waals surface area (Å²) >= 11 is 0. The van der Waals surface area contributed by atoms with Gasteiger partial charge in [-0.05, 0) is 101 Å². The maximum absolute atomic E-state index is 5.77. The molecule has 0 unspecified atom stereocenters. The quantitative estimate of drug-likeness (QED) is 0.164. The highest BCUT2D eigenvalue weighted by atomic mass is 16.5. The first kappa shape index (κ1) is 22.1. The van der Waals surface area contributed by atoms with Crippen LogP contribution in [0, 0.1) is 0 Å². The molecular formula is C38H26O. The average molecular weight is 499 g/mol. The fourth-order valence-corrected chi connectivity index (χ4v) is 6.45. The molecule has 0 spiro atoms. The minimum Gasteiger partial charge on any atom is -0.473 e. The average Bonchev–Trinajstić information content (AvgIpc) is 2.99. The normalized spacial score (nSPS) is 12.6. The zero-order chi connectivity index (χ0) is 25.8. The summed E-state index contributed by atoms with van der Waals surface area (Å²) < 4.78 is 5.77. The molecular weight excluding hydrogens is 472 g/mol. The standard InChI is InChI=1S/C38H26O/c1-5-27-15-17-31-13-11-25(33-21-19-29(7-1)35(27)37(31)33)9-3-23-39-24-4-10-26-12-14-32-18-16-28-6-2-8-30-20-22-34(26)38(32)36(28)30/h1-8,11-24H,9-10H2. The summed E-state index contributed by atoms with van der Waals surface area (Å²) in [6.07, 6.45) is 9.48. The highest BCUT2D eigenvalue weighted by Gasteiger charge is 2.11. The first-order chi connectivity index (χ1) is 19.3. The van der Waals surface area contributed by atoms with E-state index < -0.39 is 0 Å². The second kappa shape index (κ2) is 8.85. The van der Waals surface area contributed by atoms with E-state index in [0.29, 0.717) is 0 Å². The molecule has 8 aromatic rings. The molecule has 0 saturated heterocycles. The highest BCUT2D eigenvalue weighted by Crippen LogP contribution is 2.37. The van der Waals surface area contributed by atoms with Crippen LogP contribution in [0.4, 0.5) is 0 Å². The van der Waals surface area contributed by atoms with E-state index in [-0.39, 0.29) is 0 Å². The van der Waals surface area contributed by atoms with Gasteiger partial charge in [-0.2, -0.15) is 0 Å². The van der Waals surface area contributed by atoms with Gasteiger partial charge >= 0.3 is 0 Å². The predicted octanol–water partition coefficient (Wildman–Crippen LogP) is 10.3. The molecule has 1 nitrogen and oxygen atoms in total. The van der Waals surface area contributed by atoms with E-state index in [2.05, 4.69) is 121 Å². The molecule has 0 saturated carbocycles. The Morgan fingerprint density at radius 2 is 0.744 bits per heavy atom. The largest absolute Gasteiger partial charge is 0.473 e. The van der Waals surface area contributed by atoms with E-state index in [9.17, 15) is 0 Å². The molecule has 0 heterocycles. The first-order valence-corrected chi connectivity index (χ1v) is 13.6. The first-order valence-electron chi connectivity index (χ1n) is 13.6. The van der Waals surface area contributed by atoms with Crippen molar-refractivity contribution < 1.29 is 4.74 Å². The van der Waals surface area contributed by atoms with Crippen LogP contribution >= 0.6 is 0 Å². The molecule has 39 heavy (non-hydrogen) atoms. The van der Waals surface area contributed by atoms with Gasteiger partial charge < -0.3 is 4.74 Å². The molecule has 0 radical (unpaired) electrons. The van der Waals surface area contributed by atoms with Gasteiger partial charge in [0.1, 0.15) is 0 Å². The summed E-state index contributed by atoms with van der Waals surface area (Å²) in [5.74, 6) is 0. The number of rotatable bonds is 6. The lowest BCUT2D eigenvalue weighted by atomic mass is 9.91. The summed E-state index contributed by atoms with van der Waals surface area (Å²) in [5, 5.41) is 15.9. The number of hydrogen-bond acceptors (Lipinski definition) is 1. The van der Waals surface area contributed by atoms with E-state index in [1.165, 1.54) is 75.8 Å². The Morgan fingerprint density at radius 1 is 0.385 bits per heavy atom. The molecule has 184 valence electrons. The summed E-state index contributed by atoms with van der Waals surface area (Å²) in [6, 6.07) is 40.0. The Morgan fingerprint density at radius 3 is 1.18 bits per heavy atom. The van der Waals surface area contributed by atoms with Gasteiger partial charge in [0.25, 0.3) is 0 Å². The number of allylic oxidation sites excluding steroid dienone is 2. The van der Waals surface area contributed by atoms with Gasteiger partial charge in [0.05, 0.1) is 12.5 Å². The van der Waals surface area contributed by atoms with Crippen molar-refractivity contribution in [1.29, 1.82) is 0 Å².